The zero-order valence-electron chi connectivity index (χ0n) is 12.0. The molecule has 114 valence electrons. The summed E-state index contributed by atoms with van der Waals surface area (Å²) in [6.45, 7) is 0.267. The molecule has 0 aromatic heterocycles. The second-order valence-corrected chi connectivity index (χ2v) is 5.80. The van der Waals surface area contributed by atoms with Gasteiger partial charge >= 0.3 is 0 Å². The van der Waals surface area contributed by atoms with E-state index in [0.29, 0.717) is 0 Å². The lowest BCUT2D eigenvalue weighted by atomic mass is 9.89. The lowest BCUT2D eigenvalue weighted by molar-refractivity contribution is -0.137. The van der Waals surface area contributed by atoms with Gasteiger partial charge in [0.2, 0.25) is 11.0 Å². The molecule has 0 heterocycles. The van der Waals surface area contributed by atoms with Gasteiger partial charge in [0, 0.05) is 5.92 Å². The number of rotatable bonds is 6. The third-order valence-electron chi connectivity index (χ3n) is 3.73. The van der Waals surface area contributed by atoms with Gasteiger partial charge in [0.1, 0.15) is 0 Å². The maximum Gasteiger partial charge on any atom is 0.235 e. The molecule has 1 fully saturated rings. The summed E-state index contributed by atoms with van der Waals surface area (Å²) in [5.74, 6) is -0.107. The van der Waals surface area contributed by atoms with Gasteiger partial charge in [-0.2, -0.15) is 0 Å². The summed E-state index contributed by atoms with van der Waals surface area (Å²) in [6.07, 6.45) is 4.12. The highest BCUT2D eigenvalue weighted by Gasteiger charge is 2.25. The van der Waals surface area contributed by atoms with E-state index >= 15 is 0 Å². The summed E-state index contributed by atoms with van der Waals surface area (Å²) < 4.78 is 5.49. The maximum absolute atomic E-state index is 12.1. The van der Waals surface area contributed by atoms with Crippen molar-refractivity contribution in [3.8, 4) is 0 Å². The maximum atomic E-state index is 12.1. The minimum Gasteiger partial charge on any atom is -0.345 e. The average Bonchev–Trinajstić information content (AvgIpc) is 2.52. The first-order valence-corrected chi connectivity index (χ1v) is 7.80. The first-order chi connectivity index (χ1) is 10.2. The molecule has 1 aromatic carbocycles. The highest BCUT2D eigenvalue weighted by molar-refractivity contribution is 7.96. The number of ether oxygens (including phenoxy) is 1. The van der Waals surface area contributed by atoms with Crippen LogP contribution in [0.15, 0.2) is 30.3 Å². The van der Waals surface area contributed by atoms with Crippen molar-refractivity contribution in [1.29, 1.82) is 0 Å². The van der Waals surface area contributed by atoms with Crippen LogP contribution in [-0.4, -0.2) is 17.3 Å². The first-order valence-electron chi connectivity index (χ1n) is 7.35. The summed E-state index contributed by atoms with van der Waals surface area (Å²) in [7, 11) is 0. The van der Waals surface area contributed by atoms with Gasteiger partial charge in [0.05, 0.1) is 6.61 Å². The molecule has 0 bridgehead atoms. The van der Waals surface area contributed by atoms with Crippen molar-refractivity contribution >= 4 is 23.7 Å². The molecule has 1 N–H and O–H groups in total. The summed E-state index contributed by atoms with van der Waals surface area (Å²) in [4.78, 5) is 23.7. The van der Waals surface area contributed by atoms with E-state index in [0.717, 1.165) is 31.2 Å². The molecule has 1 amide bonds. The van der Waals surface area contributed by atoms with Crippen molar-refractivity contribution in [2.45, 2.75) is 44.9 Å². The number of carbonyl (C=O) groups is 2. The van der Waals surface area contributed by atoms with Crippen molar-refractivity contribution in [2.24, 2.45) is 5.92 Å². The number of hydrogen-bond acceptors (Lipinski definition) is 3. The number of nitrogens with one attached hydrogen (secondary N) is 1. The first kappa shape index (κ1) is 16.0. The van der Waals surface area contributed by atoms with E-state index in [1.165, 1.54) is 6.42 Å². The monoisotopic (exact) mass is 307 g/mol. The highest BCUT2D eigenvalue weighted by Crippen LogP contribution is 2.23. The molecule has 21 heavy (non-hydrogen) atoms. The zero-order chi connectivity index (χ0) is 15.1. The number of carbonyl (C=O) groups excluding carboxylic acids is 2. The van der Waals surface area contributed by atoms with Crippen LogP contribution < -0.4 is 5.32 Å². The van der Waals surface area contributed by atoms with Crippen LogP contribution in [-0.2, 0) is 20.9 Å². The molecule has 1 atom stereocenters. The van der Waals surface area contributed by atoms with Crippen molar-refractivity contribution in [1.82, 2.24) is 5.32 Å². The fourth-order valence-electron chi connectivity index (χ4n) is 2.54. The second kappa shape index (κ2) is 8.20. The molecule has 1 aliphatic carbocycles. The standard InChI is InChI=1S/C16H21NO3S/c18-14(13-9-5-2-6-10-13)17-15(16(19)21)20-11-12-7-3-1-4-8-12/h1,3-4,7-8,13,15H,2,5-6,9-11H2,(H,17,18)(H,19,21). The molecule has 0 aliphatic heterocycles. The fraction of sp³-hybridized carbons (Fsp3) is 0.500. The minimum absolute atomic E-state index is 0.00532. The third kappa shape index (κ3) is 5.17. The smallest absolute Gasteiger partial charge is 0.235 e. The Hall–Kier alpha value is -1.33. The van der Waals surface area contributed by atoms with Gasteiger partial charge in [0.15, 0.2) is 6.23 Å². The molecule has 0 saturated heterocycles. The van der Waals surface area contributed by atoms with Crippen LogP contribution in [0.2, 0.25) is 0 Å². The molecule has 0 radical (unpaired) electrons. The molecule has 0 spiro atoms. The van der Waals surface area contributed by atoms with E-state index in [1.807, 2.05) is 30.3 Å². The fourth-order valence-corrected chi connectivity index (χ4v) is 2.68. The second-order valence-electron chi connectivity index (χ2n) is 5.36. The highest BCUT2D eigenvalue weighted by atomic mass is 32.1. The Morgan fingerprint density at radius 3 is 2.48 bits per heavy atom. The Kier molecular flexibility index (Phi) is 6.26. The molecule has 1 aromatic rings. The van der Waals surface area contributed by atoms with Gasteiger partial charge in [0.25, 0.3) is 0 Å². The summed E-state index contributed by atoms with van der Waals surface area (Å²) in [6, 6.07) is 9.52. The quantitative estimate of drug-likeness (QED) is 0.627. The molecule has 5 heteroatoms. The Labute approximate surface area is 130 Å². The summed E-state index contributed by atoms with van der Waals surface area (Å²) in [5.41, 5.74) is 0.948. The Balaban J connectivity index is 1.86. The van der Waals surface area contributed by atoms with E-state index in [1.54, 1.807) is 0 Å². The van der Waals surface area contributed by atoms with Crippen molar-refractivity contribution in [3.63, 3.8) is 0 Å². The number of amides is 1. The van der Waals surface area contributed by atoms with Gasteiger partial charge in [-0.1, -0.05) is 49.6 Å². The minimum atomic E-state index is -0.983. The molecule has 1 aliphatic rings. The van der Waals surface area contributed by atoms with E-state index in [-0.39, 0.29) is 18.4 Å². The van der Waals surface area contributed by atoms with Gasteiger partial charge in [-0.05, 0) is 18.4 Å². The summed E-state index contributed by atoms with van der Waals surface area (Å²) >= 11 is 3.80. The Morgan fingerprint density at radius 2 is 1.86 bits per heavy atom. The van der Waals surface area contributed by atoms with Gasteiger partial charge in [-0.3, -0.25) is 9.59 Å². The third-order valence-corrected chi connectivity index (χ3v) is 3.97. The number of thiol groups is 1. The van der Waals surface area contributed by atoms with Crippen molar-refractivity contribution in [3.05, 3.63) is 35.9 Å². The predicted octanol–water partition coefficient (Wildman–Crippen LogP) is 2.68. The normalized spacial score (nSPS) is 17.2. The lowest BCUT2D eigenvalue weighted by Gasteiger charge is -2.23. The van der Waals surface area contributed by atoms with Crippen LogP contribution in [0.1, 0.15) is 37.7 Å². The molecule has 1 unspecified atom stereocenters. The molecule has 2 rings (SSSR count). The Morgan fingerprint density at radius 1 is 1.19 bits per heavy atom. The molecular weight excluding hydrogens is 286 g/mol. The van der Waals surface area contributed by atoms with Crippen LogP contribution in [0.25, 0.3) is 0 Å². The number of benzene rings is 1. The predicted molar refractivity (Wildman–Crippen MR) is 83.7 cm³/mol. The number of hydrogen-bond donors (Lipinski definition) is 2. The largest absolute Gasteiger partial charge is 0.345 e. The van der Waals surface area contributed by atoms with Crippen molar-refractivity contribution < 1.29 is 14.3 Å². The molecule has 1 saturated carbocycles. The van der Waals surface area contributed by atoms with Crippen LogP contribution in [0, 0.1) is 5.92 Å². The summed E-state index contributed by atoms with van der Waals surface area (Å²) in [5, 5.41) is 2.19. The molecule has 4 nitrogen and oxygen atoms in total. The van der Waals surface area contributed by atoms with Gasteiger partial charge in [-0.15, -0.1) is 12.6 Å². The Bertz CT molecular complexity index is 472. The SMILES string of the molecule is O=C(NC(OCc1ccccc1)C(=O)S)C1CCCCC1. The lowest BCUT2D eigenvalue weighted by Crippen LogP contribution is -2.44. The van der Waals surface area contributed by atoms with E-state index in [9.17, 15) is 9.59 Å². The van der Waals surface area contributed by atoms with Crippen LogP contribution in [0.3, 0.4) is 0 Å². The zero-order valence-corrected chi connectivity index (χ0v) is 12.9. The van der Waals surface area contributed by atoms with Crippen LogP contribution in [0.4, 0.5) is 0 Å². The van der Waals surface area contributed by atoms with Crippen molar-refractivity contribution in [2.75, 3.05) is 0 Å². The van der Waals surface area contributed by atoms with E-state index < -0.39 is 11.3 Å². The van der Waals surface area contributed by atoms with Gasteiger partial charge in [-0.25, -0.2) is 0 Å². The van der Waals surface area contributed by atoms with Gasteiger partial charge < -0.3 is 10.1 Å². The topological polar surface area (TPSA) is 55.4 Å². The average molecular weight is 307 g/mol. The van der Waals surface area contributed by atoms with Crippen LogP contribution >= 0.6 is 12.6 Å². The molecular formula is C16H21NO3S. The van der Waals surface area contributed by atoms with Crippen LogP contribution in [0.5, 0.6) is 0 Å². The van der Waals surface area contributed by atoms with E-state index in [2.05, 4.69) is 17.9 Å². The van der Waals surface area contributed by atoms with E-state index in [4.69, 9.17) is 4.74 Å².